The van der Waals surface area contributed by atoms with Crippen LogP contribution in [0.2, 0.25) is 0 Å². The lowest BCUT2D eigenvalue weighted by Crippen LogP contribution is -2.20. The normalized spacial score (nSPS) is 18.8. The lowest BCUT2D eigenvalue weighted by atomic mass is 10.2. The Morgan fingerprint density at radius 3 is 3.15 bits per heavy atom. The smallest absolute Gasteiger partial charge is 0.0795 e. The monoisotopic (exact) mass is 196 g/mol. The first kappa shape index (κ1) is 9.16. The van der Waals surface area contributed by atoms with Crippen molar-refractivity contribution < 1.29 is 0 Å². The molecule has 0 aliphatic heterocycles. The Hall–Kier alpha value is -0.410. The standard InChI is InChI=1S/C10H16N2S/c1-8(10-6-13-7-12-10)11-5-4-9-2-3-9/h6-9,11H,2-5H2,1H3. The van der Waals surface area contributed by atoms with E-state index in [-0.39, 0.29) is 0 Å². The third-order valence-corrected chi connectivity index (χ3v) is 3.20. The third-order valence-electron chi connectivity index (χ3n) is 2.60. The molecule has 0 saturated heterocycles. The molecule has 0 amide bonds. The summed E-state index contributed by atoms with van der Waals surface area (Å²) in [5, 5.41) is 5.62. The van der Waals surface area contributed by atoms with E-state index in [0.29, 0.717) is 6.04 Å². The van der Waals surface area contributed by atoms with Gasteiger partial charge in [-0.25, -0.2) is 4.98 Å². The molecule has 3 heteroatoms. The van der Waals surface area contributed by atoms with Crippen LogP contribution in [0.25, 0.3) is 0 Å². The summed E-state index contributed by atoms with van der Waals surface area (Å²) in [6.45, 7) is 3.32. The fraction of sp³-hybridized carbons (Fsp3) is 0.700. The molecule has 1 heterocycles. The highest BCUT2D eigenvalue weighted by molar-refractivity contribution is 7.07. The molecule has 0 spiro atoms. The Bertz CT molecular complexity index is 241. The Labute approximate surface area is 83.4 Å². The van der Waals surface area contributed by atoms with Crippen molar-refractivity contribution >= 4 is 11.3 Å². The fourth-order valence-electron chi connectivity index (χ4n) is 1.45. The molecule has 0 bridgehead atoms. The van der Waals surface area contributed by atoms with Gasteiger partial charge in [-0.2, -0.15) is 0 Å². The van der Waals surface area contributed by atoms with Crippen molar-refractivity contribution in [1.29, 1.82) is 0 Å². The molecule has 2 nitrogen and oxygen atoms in total. The average molecular weight is 196 g/mol. The molecule has 1 unspecified atom stereocenters. The van der Waals surface area contributed by atoms with Gasteiger partial charge in [-0.1, -0.05) is 12.8 Å². The maximum Gasteiger partial charge on any atom is 0.0795 e. The number of thiazole rings is 1. The largest absolute Gasteiger partial charge is 0.309 e. The van der Waals surface area contributed by atoms with E-state index in [4.69, 9.17) is 0 Å². The van der Waals surface area contributed by atoms with Crippen LogP contribution in [0.3, 0.4) is 0 Å². The molecule has 1 aliphatic carbocycles. The van der Waals surface area contributed by atoms with Gasteiger partial charge in [-0.05, 0) is 25.8 Å². The van der Waals surface area contributed by atoms with Gasteiger partial charge in [-0.3, -0.25) is 0 Å². The van der Waals surface area contributed by atoms with Crippen molar-refractivity contribution in [3.05, 3.63) is 16.6 Å². The van der Waals surface area contributed by atoms with Crippen molar-refractivity contribution in [2.45, 2.75) is 32.2 Å². The molecule has 72 valence electrons. The summed E-state index contributed by atoms with van der Waals surface area (Å²) >= 11 is 1.67. The number of nitrogens with zero attached hydrogens (tertiary/aromatic N) is 1. The molecule has 1 saturated carbocycles. The van der Waals surface area contributed by atoms with Crippen LogP contribution in [-0.4, -0.2) is 11.5 Å². The summed E-state index contributed by atoms with van der Waals surface area (Å²) < 4.78 is 0. The number of hydrogen-bond acceptors (Lipinski definition) is 3. The highest BCUT2D eigenvalue weighted by Gasteiger charge is 2.20. The van der Waals surface area contributed by atoms with Crippen molar-refractivity contribution in [2.75, 3.05) is 6.54 Å². The first-order valence-electron chi connectivity index (χ1n) is 4.97. The number of rotatable bonds is 5. The van der Waals surface area contributed by atoms with E-state index in [1.165, 1.54) is 25.0 Å². The first-order valence-corrected chi connectivity index (χ1v) is 5.92. The van der Waals surface area contributed by atoms with E-state index in [1.807, 2.05) is 5.51 Å². The van der Waals surface area contributed by atoms with Gasteiger partial charge in [0.2, 0.25) is 0 Å². The second-order valence-electron chi connectivity index (χ2n) is 3.82. The summed E-state index contributed by atoms with van der Waals surface area (Å²) in [6.07, 6.45) is 4.24. The van der Waals surface area contributed by atoms with Gasteiger partial charge in [0, 0.05) is 11.4 Å². The van der Waals surface area contributed by atoms with Gasteiger partial charge in [0.1, 0.15) is 0 Å². The molecule has 1 fully saturated rings. The van der Waals surface area contributed by atoms with Gasteiger partial charge in [0.05, 0.1) is 11.2 Å². The van der Waals surface area contributed by atoms with Crippen LogP contribution >= 0.6 is 11.3 Å². The minimum absolute atomic E-state index is 0.421. The van der Waals surface area contributed by atoms with E-state index in [9.17, 15) is 0 Å². The first-order chi connectivity index (χ1) is 6.36. The van der Waals surface area contributed by atoms with E-state index < -0.39 is 0 Å². The Morgan fingerprint density at radius 2 is 2.54 bits per heavy atom. The zero-order chi connectivity index (χ0) is 9.10. The zero-order valence-corrected chi connectivity index (χ0v) is 8.81. The van der Waals surface area contributed by atoms with E-state index >= 15 is 0 Å². The van der Waals surface area contributed by atoms with Gasteiger partial charge < -0.3 is 5.32 Å². The SMILES string of the molecule is CC(NCCC1CC1)c1cscn1. The predicted octanol–water partition coefficient (Wildman–Crippen LogP) is 2.59. The minimum Gasteiger partial charge on any atom is -0.309 e. The summed E-state index contributed by atoms with van der Waals surface area (Å²) in [5.41, 5.74) is 3.08. The summed E-state index contributed by atoms with van der Waals surface area (Å²) in [6, 6.07) is 0.421. The maximum absolute atomic E-state index is 4.29. The summed E-state index contributed by atoms with van der Waals surface area (Å²) in [5.74, 6) is 1.02. The van der Waals surface area contributed by atoms with Crippen molar-refractivity contribution in [1.82, 2.24) is 10.3 Å². The molecule has 1 aromatic heterocycles. The van der Waals surface area contributed by atoms with E-state index in [0.717, 1.165) is 12.5 Å². The van der Waals surface area contributed by atoms with E-state index in [2.05, 4.69) is 22.6 Å². The number of aromatic nitrogens is 1. The van der Waals surface area contributed by atoms with Gasteiger partial charge in [-0.15, -0.1) is 11.3 Å². The number of nitrogens with one attached hydrogen (secondary N) is 1. The molecule has 1 aromatic rings. The molecule has 1 N–H and O–H groups in total. The molecule has 0 radical (unpaired) electrons. The van der Waals surface area contributed by atoms with E-state index in [1.54, 1.807) is 11.3 Å². The minimum atomic E-state index is 0.421. The van der Waals surface area contributed by atoms with Crippen LogP contribution in [0.15, 0.2) is 10.9 Å². The van der Waals surface area contributed by atoms with Crippen LogP contribution in [0.1, 0.15) is 37.9 Å². The number of hydrogen-bond donors (Lipinski definition) is 1. The lowest BCUT2D eigenvalue weighted by Gasteiger charge is -2.10. The van der Waals surface area contributed by atoms with Crippen LogP contribution in [0.5, 0.6) is 0 Å². The maximum atomic E-state index is 4.29. The lowest BCUT2D eigenvalue weighted by molar-refractivity contribution is 0.532. The molecular weight excluding hydrogens is 180 g/mol. The third kappa shape index (κ3) is 2.78. The topological polar surface area (TPSA) is 24.9 Å². The molecule has 13 heavy (non-hydrogen) atoms. The van der Waals surface area contributed by atoms with Crippen LogP contribution < -0.4 is 5.32 Å². The van der Waals surface area contributed by atoms with Gasteiger partial charge in [0.25, 0.3) is 0 Å². The van der Waals surface area contributed by atoms with Gasteiger partial charge >= 0.3 is 0 Å². The summed E-state index contributed by atoms with van der Waals surface area (Å²) in [4.78, 5) is 4.29. The second kappa shape index (κ2) is 4.20. The van der Waals surface area contributed by atoms with Crippen LogP contribution in [0, 0.1) is 5.92 Å². The van der Waals surface area contributed by atoms with Crippen molar-refractivity contribution in [2.24, 2.45) is 5.92 Å². The zero-order valence-electron chi connectivity index (χ0n) is 7.99. The fourth-order valence-corrected chi connectivity index (χ4v) is 2.10. The molecule has 0 aromatic carbocycles. The highest BCUT2D eigenvalue weighted by atomic mass is 32.1. The Kier molecular flexibility index (Phi) is 2.96. The highest BCUT2D eigenvalue weighted by Crippen LogP contribution is 2.31. The van der Waals surface area contributed by atoms with Crippen molar-refractivity contribution in [3.63, 3.8) is 0 Å². The van der Waals surface area contributed by atoms with Crippen molar-refractivity contribution in [3.8, 4) is 0 Å². The predicted molar refractivity (Wildman–Crippen MR) is 55.9 cm³/mol. The molecule has 2 rings (SSSR count). The van der Waals surface area contributed by atoms with Crippen LogP contribution in [0.4, 0.5) is 0 Å². The quantitative estimate of drug-likeness (QED) is 0.783. The van der Waals surface area contributed by atoms with Crippen LogP contribution in [-0.2, 0) is 0 Å². The Balaban J connectivity index is 1.68. The average Bonchev–Trinajstić information content (AvgIpc) is 2.80. The van der Waals surface area contributed by atoms with Gasteiger partial charge in [0.15, 0.2) is 0 Å². The molecular formula is C10H16N2S. The molecule has 1 aliphatic rings. The molecule has 1 atom stereocenters. The second-order valence-corrected chi connectivity index (χ2v) is 4.54. The Morgan fingerprint density at radius 1 is 1.69 bits per heavy atom. The summed E-state index contributed by atoms with van der Waals surface area (Å²) in [7, 11) is 0.